The summed E-state index contributed by atoms with van der Waals surface area (Å²) in [7, 11) is 0. The molecule has 0 aromatic heterocycles. The van der Waals surface area contributed by atoms with E-state index in [0.29, 0.717) is 19.0 Å². The summed E-state index contributed by atoms with van der Waals surface area (Å²) < 4.78 is 5.74. The van der Waals surface area contributed by atoms with Gasteiger partial charge in [0.1, 0.15) is 18.0 Å². The molecule has 0 radical (unpaired) electrons. The first-order chi connectivity index (χ1) is 10.1. The Bertz CT molecular complexity index is 489. The fourth-order valence-corrected chi connectivity index (χ4v) is 3.21. The van der Waals surface area contributed by atoms with Crippen molar-refractivity contribution in [3.8, 4) is 5.75 Å². The summed E-state index contributed by atoms with van der Waals surface area (Å²) in [4.78, 5) is 2.32. The van der Waals surface area contributed by atoms with Gasteiger partial charge in [0.15, 0.2) is 0 Å². The molecule has 2 N–H and O–H groups in total. The van der Waals surface area contributed by atoms with Gasteiger partial charge in [0, 0.05) is 19.1 Å². The predicted octanol–water partition coefficient (Wildman–Crippen LogP) is 1.72. The van der Waals surface area contributed by atoms with Crippen molar-refractivity contribution in [2.45, 2.75) is 50.4 Å². The minimum absolute atomic E-state index is 0.140. The summed E-state index contributed by atoms with van der Waals surface area (Å²) >= 11 is 0. The van der Waals surface area contributed by atoms with Crippen LogP contribution >= 0.6 is 0 Å². The Labute approximate surface area is 126 Å². The highest BCUT2D eigenvalue weighted by Crippen LogP contribution is 2.31. The number of β-amino-alcohol motifs (C(OH)–C–C–N with tert-alkyl or cyclic N) is 1. The Morgan fingerprint density at radius 2 is 2.14 bits per heavy atom. The van der Waals surface area contributed by atoms with Gasteiger partial charge < -0.3 is 14.9 Å². The van der Waals surface area contributed by atoms with E-state index < -0.39 is 11.7 Å². The summed E-state index contributed by atoms with van der Waals surface area (Å²) in [5, 5.41) is 21.0. The quantitative estimate of drug-likeness (QED) is 0.887. The third-order valence-corrected chi connectivity index (χ3v) is 4.86. The van der Waals surface area contributed by atoms with E-state index in [4.69, 9.17) is 4.74 Å². The lowest BCUT2D eigenvalue weighted by molar-refractivity contribution is -0.149. The van der Waals surface area contributed by atoms with Gasteiger partial charge in [-0.25, -0.2) is 0 Å². The largest absolute Gasteiger partial charge is 0.490 e. The van der Waals surface area contributed by atoms with Crippen LogP contribution < -0.4 is 4.74 Å². The van der Waals surface area contributed by atoms with E-state index in [0.717, 1.165) is 17.9 Å². The molecular formula is C17H25NO3. The molecule has 1 saturated carbocycles. The fraction of sp³-hybridized carbons (Fsp3) is 0.647. The number of aliphatic hydroxyl groups is 2. The number of aryl methyl sites for hydroxylation is 1. The monoisotopic (exact) mass is 291 g/mol. The third kappa shape index (κ3) is 3.23. The molecule has 1 aliphatic heterocycles. The normalized spacial score (nSPS) is 30.9. The number of hydrogen-bond donors (Lipinski definition) is 2. The van der Waals surface area contributed by atoms with Crippen molar-refractivity contribution in [3.05, 3.63) is 29.8 Å². The van der Waals surface area contributed by atoms with Crippen LogP contribution in [-0.4, -0.2) is 52.6 Å². The van der Waals surface area contributed by atoms with Crippen LogP contribution in [0.5, 0.6) is 5.75 Å². The lowest BCUT2D eigenvalue weighted by atomic mass is 9.85. The van der Waals surface area contributed by atoms with Crippen LogP contribution in [0.25, 0.3) is 0 Å². The maximum atomic E-state index is 10.8. The van der Waals surface area contributed by atoms with Crippen molar-refractivity contribution in [1.29, 1.82) is 0 Å². The Morgan fingerprint density at radius 1 is 1.33 bits per heavy atom. The van der Waals surface area contributed by atoms with Gasteiger partial charge in [0.05, 0.1) is 6.10 Å². The summed E-state index contributed by atoms with van der Waals surface area (Å²) in [5.41, 5.74) is -0.0443. The zero-order chi connectivity index (χ0) is 14.9. The molecule has 1 saturated heterocycles. The highest BCUT2D eigenvalue weighted by molar-refractivity contribution is 5.27. The summed E-state index contributed by atoms with van der Waals surface area (Å²) in [6, 6.07) is 8.36. The zero-order valence-corrected chi connectivity index (χ0v) is 12.7. The van der Waals surface area contributed by atoms with Gasteiger partial charge in [-0.2, -0.15) is 0 Å². The first kappa shape index (κ1) is 14.8. The Morgan fingerprint density at radius 3 is 2.81 bits per heavy atom. The van der Waals surface area contributed by atoms with Gasteiger partial charge in [-0.15, -0.1) is 0 Å². The molecule has 116 valence electrons. The number of ether oxygens (including phenoxy) is 1. The Kier molecular flexibility index (Phi) is 4.20. The molecule has 21 heavy (non-hydrogen) atoms. The second kappa shape index (κ2) is 5.95. The van der Waals surface area contributed by atoms with Crippen molar-refractivity contribution in [2.75, 3.05) is 19.7 Å². The molecule has 0 bridgehead atoms. The van der Waals surface area contributed by atoms with Crippen molar-refractivity contribution in [1.82, 2.24) is 4.90 Å². The number of hydrogen-bond acceptors (Lipinski definition) is 4. The Balaban J connectivity index is 1.63. The molecule has 1 aromatic rings. The van der Waals surface area contributed by atoms with E-state index in [-0.39, 0.29) is 6.61 Å². The summed E-state index contributed by atoms with van der Waals surface area (Å²) in [5.74, 6) is 0.747. The lowest BCUT2D eigenvalue weighted by Gasteiger charge is -2.47. The van der Waals surface area contributed by atoms with Crippen LogP contribution in [0, 0.1) is 6.92 Å². The SMILES string of the molecule is Cc1cccc(OC[C@@]2(O)CN(C3CCC3)CC[C@@H]2O)c1. The highest BCUT2D eigenvalue weighted by atomic mass is 16.5. The zero-order valence-electron chi connectivity index (χ0n) is 12.7. The smallest absolute Gasteiger partial charge is 0.137 e. The second-order valence-corrected chi connectivity index (χ2v) is 6.57. The number of benzene rings is 1. The molecule has 0 unspecified atom stereocenters. The summed E-state index contributed by atoms with van der Waals surface area (Å²) in [6.45, 7) is 3.53. The molecule has 0 spiro atoms. The molecule has 1 heterocycles. The average molecular weight is 291 g/mol. The summed E-state index contributed by atoms with van der Waals surface area (Å²) in [6.07, 6.45) is 3.61. The van der Waals surface area contributed by atoms with Crippen LogP contribution in [0.2, 0.25) is 0 Å². The van der Waals surface area contributed by atoms with Crippen molar-refractivity contribution < 1.29 is 14.9 Å². The standard InChI is InChI=1S/C17H25NO3/c1-13-4-2-7-15(10-13)21-12-17(20)11-18(9-8-16(17)19)14-5-3-6-14/h2,4,7,10,14,16,19-20H,3,5-6,8-9,11-12H2,1H3/t16-,17-/m0/s1. The van der Waals surface area contributed by atoms with Crippen molar-refractivity contribution in [2.24, 2.45) is 0 Å². The maximum Gasteiger partial charge on any atom is 0.137 e. The van der Waals surface area contributed by atoms with Crippen molar-refractivity contribution >= 4 is 0 Å². The van der Waals surface area contributed by atoms with Gasteiger partial charge in [0.2, 0.25) is 0 Å². The number of nitrogens with zero attached hydrogens (tertiary/aromatic N) is 1. The molecule has 1 aromatic carbocycles. The lowest BCUT2D eigenvalue weighted by Crippen LogP contribution is -2.62. The van der Waals surface area contributed by atoms with Gasteiger partial charge in [-0.1, -0.05) is 18.6 Å². The Hall–Kier alpha value is -1.10. The number of rotatable bonds is 4. The van der Waals surface area contributed by atoms with Crippen LogP contribution in [0.3, 0.4) is 0 Å². The topological polar surface area (TPSA) is 52.9 Å². The molecule has 3 rings (SSSR count). The molecule has 1 aliphatic carbocycles. The van der Waals surface area contributed by atoms with Crippen LogP contribution in [0.4, 0.5) is 0 Å². The van der Waals surface area contributed by atoms with E-state index in [1.165, 1.54) is 19.3 Å². The first-order valence-corrected chi connectivity index (χ1v) is 7.91. The average Bonchev–Trinajstić information content (AvgIpc) is 2.39. The van der Waals surface area contributed by atoms with Crippen LogP contribution in [0.1, 0.15) is 31.2 Å². The van der Waals surface area contributed by atoms with E-state index in [1.807, 2.05) is 31.2 Å². The van der Waals surface area contributed by atoms with E-state index in [1.54, 1.807) is 0 Å². The maximum absolute atomic E-state index is 10.8. The van der Waals surface area contributed by atoms with Crippen LogP contribution in [0.15, 0.2) is 24.3 Å². The molecule has 0 amide bonds. The molecule has 2 aliphatic rings. The second-order valence-electron chi connectivity index (χ2n) is 6.57. The van der Waals surface area contributed by atoms with E-state index in [9.17, 15) is 10.2 Å². The molecular weight excluding hydrogens is 266 g/mol. The van der Waals surface area contributed by atoms with Gasteiger partial charge >= 0.3 is 0 Å². The third-order valence-electron chi connectivity index (χ3n) is 4.86. The minimum atomic E-state index is -1.17. The first-order valence-electron chi connectivity index (χ1n) is 7.91. The van der Waals surface area contributed by atoms with Gasteiger partial charge in [-0.05, 0) is 43.9 Å². The number of likely N-dealkylation sites (tertiary alicyclic amines) is 1. The van der Waals surface area contributed by atoms with Crippen molar-refractivity contribution in [3.63, 3.8) is 0 Å². The van der Waals surface area contributed by atoms with Gasteiger partial charge in [-0.3, -0.25) is 4.90 Å². The predicted molar refractivity (Wildman–Crippen MR) is 81.5 cm³/mol. The molecule has 2 fully saturated rings. The molecule has 2 atom stereocenters. The molecule has 4 nitrogen and oxygen atoms in total. The van der Waals surface area contributed by atoms with Gasteiger partial charge in [0.25, 0.3) is 0 Å². The van der Waals surface area contributed by atoms with Crippen LogP contribution in [-0.2, 0) is 0 Å². The van der Waals surface area contributed by atoms with E-state index in [2.05, 4.69) is 4.90 Å². The fourth-order valence-electron chi connectivity index (χ4n) is 3.21. The molecule has 4 heteroatoms. The highest BCUT2D eigenvalue weighted by Gasteiger charge is 2.44. The number of piperidine rings is 1. The number of aliphatic hydroxyl groups excluding tert-OH is 1. The van der Waals surface area contributed by atoms with E-state index >= 15 is 0 Å². The minimum Gasteiger partial charge on any atom is -0.490 e.